The topological polar surface area (TPSA) is 101 Å². The van der Waals surface area contributed by atoms with Crippen LogP contribution in [-0.4, -0.2) is 43.5 Å². The van der Waals surface area contributed by atoms with E-state index in [1.165, 1.54) is 0 Å². The molecule has 0 fully saturated rings. The molecule has 1 aromatic carbocycles. The van der Waals surface area contributed by atoms with Crippen molar-refractivity contribution in [2.45, 2.75) is 39.3 Å². The molecule has 2 atom stereocenters. The summed E-state index contributed by atoms with van der Waals surface area (Å²) in [4.78, 5) is 24.9. The number of hydrogen-bond donors (Lipinski definition) is 3. The van der Waals surface area contributed by atoms with Crippen LogP contribution in [0.5, 0.6) is 0 Å². The van der Waals surface area contributed by atoms with Crippen LogP contribution in [0, 0.1) is 5.41 Å². The molecule has 0 saturated carbocycles. The first-order chi connectivity index (χ1) is 15.1. The van der Waals surface area contributed by atoms with E-state index in [1.807, 2.05) is 81.9 Å². The van der Waals surface area contributed by atoms with Gasteiger partial charge < -0.3 is 20.3 Å². The molecule has 0 aliphatic heterocycles. The summed E-state index contributed by atoms with van der Waals surface area (Å²) in [6.45, 7) is 5.88. The Hall–Kier alpha value is -3.55. The number of aryl methyl sites for hydroxylation is 1. The molecule has 0 spiro atoms. The second-order valence-electron chi connectivity index (χ2n) is 9.07. The fraction of sp³-hybridized carbons (Fsp3) is 0.375. The van der Waals surface area contributed by atoms with Gasteiger partial charge in [-0.15, -0.1) is 0 Å². The van der Waals surface area contributed by atoms with Crippen LogP contribution in [0.25, 0.3) is 11.4 Å². The van der Waals surface area contributed by atoms with Crippen molar-refractivity contribution in [3.63, 3.8) is 0 Å². The first-order valence-corrected chi connectivity index (χ1v) is 10.6. The molecule has 0 radical (unpaired) electrons. The fourth-order valence-corrected chi connectivity index (χ4v) is 4.04. The number of hydrogen-bond acceptors (Lipinski definition) is 3. The summed E-state index contributed by atoms with van der Waals surface area (Å²) in [5.74, 6) is -0.261. The molecule has 2 amide bonds. The number of nitrogens with zero attached hydrogens (tertiary/aromatic N) is 3. The molecule has 0 saturated heterocycles. The van der Waals surface area contributed by atoms with E-state index in [0.717, 1.165) is 17.0 Å². The molecular formula is C24H31N5O3. The average Bonchev–Trinajstić information content (AvgIpc) is 3.30. The Bertz CT molecular complexity index is 1080. The monoisotopic (exact) mass is 437 g/mol. The Morgan fingerprint density at radius 2 is 1.69 bits per heavy atom. The van der Waals surface area contributed by atoms with Gasteiger partial charge in [0, 0.05) is 20.3 Å². The summed E-state index contributed by atoms with van der Waals surface area (Å²) in [5.41, 5.74) is 2.85. The number of rotatable bonds is 7. The number of aromatic nitrogens is 3. The van der Waals surface area contributed by atoms with E-state index in [2.05, 4.69) is 15.7 Å². The lowest BCUT2D eigenvalue weighted by atomic mass is 9.80. The van der Waals surface area contributed by atoms with Crippen LogP contribution in [0.3, 0.4) is 0 Å². The second kappa shape index (κ2) is 9.30. The van der Waals surface area contributed by atoms with Gasteiger partial charge in [0.1, 0.15) is 5.69 Å². The van der Waals surface area contributed by atoms with Crippen LogP contribution in [-0.2, 0) is 20.5 Å². The van der Waals surface area contributed by atoms with E-state index in [1.54, 1.807) is 16.9 Å². The predicted octanol–water partition coefficient (Wildman–Crippen LogP) is 3.45. The number of carbonyl (C=O) groups excluding carboxylic acids is 1. The van der Waals surface area contributed by atoms with Crippen LogP contribution in [0.2, 0.25) is 0 Å². The summed E-state index contributed by atoms with van der Waals surface area (Å²) in [5, 5.41) is 19.4. The standard InChI is InChI=1S/C24H31N5O3/c1-24(2,3)21(27-23(31)32)17(15-16-9-7-6-8-10-16)26-22(30)20-12-11-18(28(20)4)19-13-14-25-29(19)5/h6-14,17,21,27H,15H2,1-5H3,(H,26,30)(H,31,32). The lowest BCUT2D eigenvalue weighted by molar-refractivity contribution is 0.0892. The highest BCUT2D eigenvalue weighted by Gasteiger charge is 2.35. The Morgan fingerprint density at radius 3 is 2.25 bits per heavy atom. The third-order valence-electron chi connectivity index (χ3n) is 5.67. The Morgan fingerprint density at radius 1 is 1.00 bits per heavy atom. The predicted molar refractivity (Wildman–Crippen MR) is 123 cm³/mol. The highest BCUT2D eigenvalue weighted by atomic mass is 16.4. The Labute approximate surface area is 188 Å². The van der Waals surface area contributed by atoms with Gasteiger partial charge >= 0.3 is 6.09 Å². The smallest absolute Gasteiger partial charge is 0.404 e. The lowest BCUT2D eigenvalue weighted by Gasteiger charge is -2.37. The number of nitrogens with one attached hydrogen (secondary N) is 2. The Kier molecular flexibility index (Phi) is 6.72. The van der Waals surface area contributed by atoms with Crippen LogP contribution in [0.15, 0.2) is 54.7 Å². The number of benzene rings is 1. The van der Waals surface area contributed by atoms with Crippen LogP contribution >= 0.6 is 0 Å². The molecule has 0 aliphatic carbocycles. The van der Waals surface area contributed by atoms with Crippen LogP contribution < -0.4 is 10.6 Å². The van der Waals surface area contributed by atoms with E-state index in [4.69, 9.17) is 0 Å². The molecule has 2 heterocycles. The van der Waals surface area contributed by atoms with Crippen LogP contribution in [0.4, 0.5) is 4.79 Å². The van der Waals surface area contributed by atoms with Gasteiger partial charge in [-0.25, -0.2) is 4.79 Å². The van der Waals surface area contributed by atoms with E-state index in [-0.39, 0.29) is 5.91 Å². The molecule has 8 nitrogen and oxygen atoms in total. The maximum atomic E-state index is 13.3. The molecule has 0 bridgehead atoms. The molecule has 170 valence electrons. The molecular weight excluding hydrogens is 406 g/mol. The first-order valence-electron chi connectivity index (χ1n) is 10.6. The number of carboxylic acid groups (broad SMARTS) is 1. The zero-order valence-electron chi connectivity index (χ0n) is 19.2. The largest absolute Gasteiger partial charge is 0.465 e. The lowest BCUT2D eigenvalue weighted by Crippen LogP contribution is -2.58. The highest BCUT2D eigenvalue weighted by molar-refractivity contribution is 5.94. The van der Waals surface area contributed by atoms with Crippen molar-refractivity contribution in [2.75, 3.05) is 0 Å². The minimum atomic E-state index is -1.12. The van der Waals surface area contributed by atoms with Crippen molar-refractivity contribution in [2.24, 2.45) is 19.5 Å². The van der Waals surface area contributed by atoms with Gasteiger partial charge in [-0.05, 0) is 35.6 Å². The molecule has 3 N–H and O–H groups in total. The van der Waals surface area contributed by atoms with Crippen molar-refractivity contribution in [1.82, 2.24) is 25.0 Å². The Balaban J connectivity index is 1.92. The molecule has 2 aromatic heterocycles. The minimum Gasteiger partial charge on any atom is -0.465 e. The van der Waals surface area contributed by atoms with Crippen molar-refractivity contribution >= 4 is 12.0 Å². The first kappa shape index (κ1) is 23.1. The quantitative estimate of drug-likeness (QED) is 0.527. The van der Waals surface area contributed by atoms with Gasteiger partial charge in [0.2, 0.25) is 0 Å². The minimum absolute atomic E-state index is 0.261. The molecule has 32 heavy (non-hydrogen) atoms. The highest BCUT2D eigenvalue weighted by Crippen LogP contribution is 2.25. The molecule has 8 heteroatoms. The summed E-state index contributed by atoms with van der Waals surface area (Å²) >= 11 is 0. The maximum Gasteiger partial charge on any atom is 0.404 e. The van der Waals surface area contributed by atoms with E-state index in [9.17, 15) is 14.7 Å². The van der Waals surface area contributed by atoms with Gasteiger partial charge in [-0.1, -0.05) is 51.1 Å². The normalized spacial score (nSPS) is 13.4. The van der Waals surface area contributed by atoms with Gasteiger partial charge in [-0.2, -0.15) is 5.10 Å². The van der Waals surface area contributed by atoms with Crippen molar-refractivity contribution in [1.29, 1.82) is 0 Å². The van der Waals surface area contributed by atoms with Gasteiger partial charge in [0.05, 0.1) is 23.5 Å². The fourth-order valence-electron chi connectivity index (χ4n) is 4.04. The molecule has 0 aliphatic rings. The van der Waals surface area contributed by atoms with Crippen molar-refractivity contribution in [3.05, 3.63) is 66.0 Å². The number of amides is 2. The van der Waals surface area contributed by atoms with Crippen molar-refractivity contribution in [3.8, 4) is 11.4 Å². The SMILES string of the molecule is Cn1nccc1-c1ccc(C(=O)NC(Cc2ccccc2)C(NC(=O)O)C(C)(C)C)n1C. The van der Waals surface area contributed by atoms with Gasteiger partial charge in [-0.3, -0.25) is 9.48 Å². The van der Waals surface area contributed by atoms with Gasteiger partial charge in [0.15, 0.2) is 0 Å². The molecule has 2 unspecified atom stereocenters. The third kappa shape index (κ3) is 5.19. The second-order valence-corrected chi connectivity index (χ2v) is 9.07. The van der Waals surface area contributed by atoms with Gasteiger partial charge in [0.25, 0.3) is 5.91 Å². The third-order valence-corrected chi connectivity index (χ3v) is 5.67. The van der Waals surface area contributed by atoms with E-state index >= 15 is 0 Å². The van der Waals surface area contributed by atoms with E-state index < -0.39 is 23.6 Å². The zero-order valence-corrected chi connectivity index (χ0v) is 19.2. The van der Waals surface area contributed by atoms with Crippen LogP contribution in [0.1, 0.15) is 36.8 Å². The summed E-state index contributed by atoms with van der Waals surface area (Å²) in [7, 11) is 3.68. The average molecular weight is 438 g/mol. The zero-order chi connectivity index (χ0) is 23.5. The summed E-state index contributed by atoms with van der Waals surface area (Å²) in [6, 6.07) is 14.3. The van der Waals surface area contributed by atoms with E-state index in [0.29, 0.717) is 12.1 Å². The summed E-state index contributed by atoms with van der Waals surface area (Å²) < 4.78 is 3.57. The number of carbonyl (C=O) groups is 2. The molecule has 3 aromatic rings. The van der Waals surface area contributed by atoms with Crippen molar-refractivity contribution < 1.29 is 14.7 Å². The maximum absolute atomic E-state index is 13.3. The molecule has 3 rings (SSSR count). The summed E-state index contributed by atoms with van der Waals surface area (Å²) in [6.07, 6.45) is 1.09.